The van der Waals surface area contributed by atoms with Gasteiger partial charge in [-0.15, -0.1) is 0 Å². The number of halogens is 2. The van der Waals surface area contributed by atoms with Gasteiger partial charge in [0.25, 0.3) is 0 Å². The minimum atomic E-state index is -4.19. The molecule has 0 bridgehead atoms. The lowest BCUT2D eigenvalue weighted by Gasteiger charge is -2.33. The molecule has 3 aromatic heterocycles. The normalized spacial score (nSPS) is 20.6. The second-order valence-corrected chi connectivity index (χ2v) is 10.9. The highest BCUT2D eigenvalue weighted by Crippen LogP contribution is 2.31. The number of pyridine rings is 1. The Morgan fingerprint density at radius 3 is 2.64 bits per heavy atom. The first kappa shape index (κ1) is 24.2. The number of nitrogens with zero attached hydrogens (tertiary/aromatic N) is 4. The van der Waals surface area contributed by atoms with Crippen LogP contribution in [-0.4, -0.2) is 44.5 Å². The largest absolute Gasteiger partial charge is 0.390 e. The summed E-state index contributed by atoms with van der Waals surface area (Å²) < 4.78 is 59.3. The first-order valence-electron chi connectivity index (χ1n) is 11.3. The SMILES string of the molecule is C[C@]1(O)CC[C@@H](NS(=O)(=O)c2cc(-c3cnc4c(N)nc(-c5ccncc5F)cn34)ccc2F)CC1. The van der Waals surface area contributed by atoms with E-state index < -0.39 is 38.2 Å². The molecule has 0 radical (unpaired) electrons. The van der Waals surface area contributed by atoms with Crippen molar-refractivity contribution in [3.63, 3.8) is 0 Å². The average molecular weight is 515 g/mol. The highest BCUT2D eigenvalue weighted by atomic mass is 32.2. The van der Waals surface area contributed by atoms with Gasteiger partial charge in [-0.2, -0.15) is 0 Å². The summed E-state index contributed by atoms with van der Waals surface area (Å²) in [5.74, 6) is -1.45. The van der Waals surface area contributed by atoms with E-state index in [-0.39, 0.29) is 22.7 Å². The predicted octanol–water partition coefficient (Wildman–Crippen LogP) is 3.29. The highest BCUT2D eigenvalue weighted by molar-refractivity contribution is 7.89. The molecule has 188 valence electrons. The summed E-state index contributed by atoms with van der Waals surface area (Å²) in [5, 5.41) is 10.1. The third kappa shape index (κ3) is 4.54. The Kier molecular flexibility index (Phi) is 5.97. The van der Waals surface area contributed by atoms with Crippen molar-refractivity contribution < 1.29 is 22.3 Å². The maximum Gasteiger partial charge on any atom is 0.243 e. The van der Waals surface area contributed by atoms with Gasteiger partial charge >= 0.3 is 0 Å². The molecule has 0 aliphatic heterocycles. The Balaban J connectivity index is 1.53. The molecule has 1 aliphatic rings. The number of hydrogen-bond acceptors (Lipinski definition) is 7. The van der Waals surface area contributed by atoms with Crippen LogP contribution in [0.15, 0.2) is 53.9 Å². The molecule has 36 heavy (non-hydrogen) atoms. The van der Waals surface area contributed by atoms with Crippen molar-refractivity contribution in [3.05, 3.63) is 60.7 Å². The monoisotopic (exact) mass is 514 g/mol. The molecule has 0 amide bonds. The minimum absolute atomic E-state index is 0.0415. The number of imidazole rings is 1. The summed E-state index contributed by atoms with van der Waals surface area (Å²) in [6.45, 7) is 1.72. The number of nitrogen functional groups attached to an aromatic ring is 1. The predicted molar refractivity (Wildman–Crippen MR) is 129 cm³/mol. The topological polar surface area (TPSA) is 136 Å². The molecule has 0 unspecified atom stereocenters. The van der Waals surface area contributed by atoms with Crippen LogP contribution in [0, 0.1) is 11.6 Å². The van der Waals surface area contributed by atoms with E-state index in [0.29, 0.717) is 36.9 Å². The van der Waals surface area contributed by atoms with Gasteiger partial charge in [-0.25, -0.2) is 31.9 Å². The molecule has 3 heterocycles. The summed E-state index contributed by atoms with van der Waals surface area (Å²) in [6.07, 6.45) is 7.25. The highest BCUT2D eigenvalue weighted by Gasteiger charge is 2.32. The zero-order valence-electron chi connectivity index (χ0n) is 19.3. The first-order valence-corrected chi connectivity index (χ1v) is 12.8. The van der Waals surface area contributed by atoms with Crippen LogP contribution in [0.5, 0.6) is 0 Å². The maximum absolute atomic E-state index is 14.7. The molecule has 4 N–H and O–H groups in total. The summed E-state index contributed by atoms with van der Waals surface area (Å²) in [7, 11) is -4.19. The van der Waals surface area contributed by atoms with Crippen LogP contribution in [0.1, 0.15) is 32.6 Å². The van der Waals surface area contributed by atoms with Crippen LogP contribution in [0.25, 0.3) is 28.2 Å². The molecule has 1 saturated carbocycles. The number of aromatic nitrogens is 4. The zero-order chi connectivity index (χ0) is 25.7. The Bertz CT molecular complexity index is 1560. The Hall–Kier alpha value is -3.48. The van der Waals surface area contributed by atoms with Crippen molar-refractivity contribution in [1.82, 2.24) is 24.1 Å². The summed E-state index contributed by atoms with van der Waals surface area (Å²) in [6, 6.07) is 4.78. The van der Waals surface area contributed by atoms with E-state index in [2.05, 4.69) is 19.7 Å². The average Bonchev–Trinajstić information content (AvgIpc) is 3.25. The number of sulfonamides is 1. The van der Waals surface area contributed by atoms with Gasteiger partial charge < -0.3 is 10.8 Å². The van der Waals surface area contributed by atoms with Gasteiger partial charge in [0.15, 0.2) is 17.3 Å². The molecular weight excluding hydrogens is 490 g/mol. The van der Waals surface area contributed by atoms with Crippen molar-refractivity contribution >= 4 is 21.5 Å². The Morgan fingerprint density at radius 2 is 1.92 bits per heavy atom. The zero-order valence-corrected chi connectivity index (χ0v) is 20.1. The standard InChI is InChI=1S/C24H24F2N6O3S/c1-24(33)7-4-15(5-8-24)31-36(34,35)21-10-14(2-3-17(21)25)20-12-29-23-22(27)30-19(13-32(20)23)16-6-9-28-11-18(16)26/h2-3,6,9-13,15,31,33H,4-5,7-8H2,1H3,(H2,27,30)/t15-,24+. The van der Waals surface area contributed by atoms with Gasteiger partial charge in [0.2, 0.25) is 10.0 Å². The van der Waals surface area contributed by atoms with E-state index in [1.54, 1.807) is 11.3 Å². The van der Waals surface area contributed by atoms with E-state index in [0.717, 1.165) is 12.3 Å². The van der Waals surface area contributed by atoms with Crippen molar-refractivity contribution in [1.29, 1.82) is 0 Å². The molecule has 9 nitrogen and oxygen atoms in total. The van der Waals surface area contributed by atoms with Gasteiger partial charge in [0, 0.05) is 29.6 Å². The van der Waals surface area contributed by atoms with Crippen LogP contribution >= 0.6 is 0 Å². The van der Waals surface area contributed by atoms with Gasteiger partial charge in [-0.05, 0) is 56.9 Å². The molecule has 1 aliphatic carbocycles. The lowest BCUT2D eigenvalue weighted by atomic mass is 9.84. The number of fused-ring (bicyclic) bond motifs is 1. The molecule has 1 fully saturated rings. The van der Waals surface area contributed by atoms with Gasteiger partial charge in [0.1, 0.15) is 10.7 Å². The maximum atomic E-state index is 14.7. The van der Waals surface area contributed by atoms with E-state index in [1.807, 2.05) is 0 Å². The molecule has 5 rings (SSSR count). The summed E-state index contributed by atoms with van der Waals surface area (Å²) in [4.78, 5) is 11.7. The van der Waals surface area contributed by atoms with Crippen LogP contribution in [0.2, 0.25) is 0 Å². The van der Waals surface area contributed by atoms with Gasteiger partial charge in [-0.1, -0.05) is 0 Å². The van der Waals surface area contributed by atoms with E-state index in [1.165, 1.54) is 36.8 Å². The molecule has 12 heteroatoms. The van der Waals surface area contributed by atoms with Crippen molar-refractivity contribution in [2.45, 2.75) is 49.1 Å². The fourth-order valence-electron chi connectivity index (χ4n) is 4.45. The number of benzene rings is 1. The fraction of sp³-hybridized carbons (Fsp3) is 0.292. The quantitative estimate of drug-likeness (QED) is 0.372. The molecule has 0 saturated heterocycles. The third-order valence-corrected chi connectivity index (χ3v) is 8.00. The first-order chi connectivity index (χ1) is 17.0. The van der Waals surface area contributed by atoms with E-state index >= 15 is 0 Å². The second kappa shape index (κ2) is 8.87. The number of nitrogens with two attached hydrogens (primary N) is 1. The molecule has 0 atom stereocenters. The lowest BCUT2D eigenvalue weighted by molar-refractivity contribution is 0.0163. The van der Waals surface area contributed by atoms with Gasteiger partial charge in [0.05, 0.1) is 29.4 Å². The van der Waals surface area contributed by atoms with Crippen LogP contribution in [0.3, 0.4) is 0 Å². The van der Waals surface area contributed by atoms with Crippen LogP contribution in [0.4, 0.5) is 14.6 Å². The van der Waals surface area contributed by atoms with Crippen molar-refractivity contribution in [2.75, 3.05) is 5.73 Å². The van der Waals surface area contributed by atoms with Gasteiger partial charge in [-0.3, -0.25) is 9.38 Å². The molecule has 0 spiro atoms. The Labute approximate surface area is 206 Å². The summed E-state index contributed by atoms with van der Waals surface area (Å²) >= 11 is 0. The van der Waals surface area contributed by atoms with Crippen LogP contribution in [-0.2, 0) is 10.0 Å². The fourth-order valence-corrected chi connectivity index (χ4v) is 5.86. The van der Waals surface area contributed by atoms with Crippen molar-refractivity contribution in [3.8, 4) is 22.5 Å². The number of rotatable bonds is 5. The van der Waals surface area contributed by atoms with E-state index in [4.69, 9.17) is 5.73 Å². The lowest BCUT2D eigenvalue weighted by Crippen LogP contribution is -2.42. The number of hydrogen-bond donors (Lipinski definition) is 3. The second-order valence-electron chi connectivity index (χ2n) is 9.24. The van der Waals surface area contributed by atoms with E-state index in [9.17, 15) is 22.3 Å². The molecular formula is C24H24F2N6O3S. The van der Waals surface area contributed by atoms with Crippen LogP contribution < -0.4 is 10.5 Å². The Morgan fingerprint density at radius 1 is 1.17 bits per heavy atom. The molecule has 1 aromatic carbocycles. The number of anilines is 1. The molecule has 4 aromatic rings. The summed E-state index contributed by atoms with van der Waals surface area (Å²) in [5.41, 5.74) is 6.70. The smallest absolute Gasteiger partial charge is 0.243 e. The third-order valence-electron chi connectivity index (χ3n) is 6.47. The van der Waals surface area contributed by atoms with Crippen molar-refractivity contribution in [2.24, 2.45) is 0 Å². The number of aliphatic hydroxyl groups is 1. The number of nitrogens with one attached hydrogen (secondary N) is 1. The minimum Gasteiger partial charge on any atom is -0.390 e.